The fourth-order valence-electron chi connectivity index (χ4n) is 2.56. The van der Waals surface area contributed by atoms with E-state index >= 15 is 0 Å². The van der Waals surface area contributed by atoms with Gasteiger partial charge < -0.3 is 5.11 Å². The van der Waals surface area contributed by atoms with Crippen molar-refractivity contribution in [2.75, 3.05) is 0 Å². The number of carboxylic acids is 1. The average Bonchev–Trinajstić information content (AvgIpc) is 2.55. The van der Waals surface area contributed by atoms with Crippen molar-refractivity contribution in [3.05, 3.63) is 73.9 Å². The van der Waals surface area contributed by atoms with Crippen molar-refractivity contribution >= 4 is 28.5 Å². The van der Waals surface area contributed by atoms with Gasteiger partial charge in [-0.25, -0.2) is 9.36 Å². The predicted octanol–water partition coefficient (Wildman–Crippen LogP) is 2.20. The van der Waals surface area contributed by atoms with E-state index in [1.807, 2.05) is 0 Å². The first-order valence-electron chi connectivity index (χ1n) is 7.13. The van der Waals surface area contributed by atoms with Crippen LogP contribution in [0.3, 0.4) is 0 Å². The number of carbonyl (C=O) groups is 1. The van der Waals surface area contributed by atoms with Crippen LogP contribution >= 0.6 is 11.6 Å². The van der Waals surface area contributed by atoms with Crippen molar-refractivity contribution in [2.24, 2.45) is 0 Å². The van der Waals surface area contributed by atoms with Gasteiger partial charge in [0.2, 0.25) is 0 Å². The Morgan fingerprint density at radius 2 is 1.88 bits per heavy atom. The highest BCUT2D eigenvalue weighted by atomic mass is 35.5. The molecule has 1 heterocycles. The molecule has 2 aromatic carbocycles. The van der Waals surface area contributed by atoms with Gasteiger partial charge in [0.15, 0.2) is 0 Å². The number of aliphatic carboxylic acids is 1. The molecular weight excluding hydrogens is 332 g/mol. The van der Waals surface area contributed by atoms with Crippen LogP contribution in [0.25, 0.3) is 16.6 Å². The maximum Gasteiger partial charge on any atom is 0.336 e. The van der Waals surface area contributed by atoms with Crippen LogP contribution in [0, 0.1) is 6.92 Å². The van der Waals surface area contributed by atoms with Gasteiger partial charge in [-0.2, -0.15) is 0 Å². The molecule has 0 radical (unpaired) electrons. The maximum atomic E-state index is 12.8. The molecule has 24 heavy (non-hydrogen) atoms. The van der Waals surface area contributed by atoms with E-state index in [9.17, 15) is 14.4 Å². The van der Waals surface area contributed by atoms with Gasteiger partial charge in [0.25, 0.3) is 5.56 Å². The van der Waals surface area contributed by atoms with Crippen LogP contribution in [0.5, 0.6) is 0 Å². The van der Waals surface area contributed by atoms with Crippen LogP contribution in [0.15, 0.2) is 52.1 Å². The first-order valence-corrected chi connectivity index (χ1v) is 7.51. The van der Waals surface area contributed by atoms with E-state index in [-0.39, 0.29) is 10.9 Å². The summed E-state index contributed by atoms with van der Waals surface area (Å²) in [7, 11) is 0. The van der Waals surface area contributed by atoms with Crippen molar-refractivity contribution < 1.29 is 9.90 Å². The zero-order chi connectivity index (χ0) is 17.4. The zero-order valence-corrected chi connectivity index (χ0v) is 13.4. The molecule has 0 aliphatic heterocycles. The second-order valence-corrected chi connectivity index (χ2v) is 5.76. The second kappa shape index (κ2) is 5.98. The Balaban J connectivity index is 2.44. The van der Waals surface area contributed by atoms with Crippen molar-refractivity contribution in [1.82, 2.24) is 9.13 Å². The molecule has 0 amide bonds. The van der Waals surface area contributed by atoms with Gasteiger partial charge in [-0.1, -0.05) is 29.8 Å². The Labute approximate surface area is 141 Å². The topological polar surface area (TPSA) is 81.3 Å². The van der Waals surface area contributed by atoms with Crippen LogP contribution < -0.4 is 11.2 Å². The monoisotopic (exact) mass is 344 g/mol. The third-order valence-corrected chi connectivity index (χ3v) is 4.16. The normalized spacial score (nSPS) is 10.9. The van der Waals surface area contributed by atoms with E-state index < -0.39 is 23.8 Å². The largest absolute Gasteiger partial charge is 0.480 e. The number of aromatic nitrogens is 2. The van der Waals surface area contributed by atoms with E-state index in [4.69, 9.17) is 16.7 Å². The van der Waals surface area contributed by atoms with Crippen molar-refractivity contribution in [3.63, 3.8) is 0 Å². The summed E-state index contributed by atoms with van der Waals surface area (Å²) in [5.74, 6) is -1.17. The minimum atomic E-state index is -1.17. The maximum absolute atomic E-state index is 12.8. The molecule has 0 spiro atoms. The number of hydrogen-bond donors (Lipinski definition) is 1. The van der Waals surface area contributed by atoms with Gasteiger partial charge in [0, 0.05) is 5.02 Å². The second-order valence-electron chi connectivity index (χ2n) is 5.35. The molecule has 6 nitrogen and oxygen atoms in total. The summed E-state index contributed by atoms with van der Waals surface area (Å²) >= 11 is 6.09. The number of carboxylic acid groups (broad SMARTS) is 1. The van der Waals surface area contributed by atoms with Crippen molar-refractivity contribution in [1.29, 1.82) is 0 Å². The molecule has 0 atom stereocenters. The summed E-state index contributed by atoms with van der Waals surface area (Å²) in [4.78, 5) is 36.6. The number of para-hydroxylation sites is 1. The summed E-state index contributed by atoms with van der Waals surface area (Å²) in [5, 5.41) is 9.77. The standard InChI is InChI=1S/C17H13ClN2O4/c1-10-6-7-11(8-13(10)18)20-16(23)12-4-2-3-5-14(12)19(17(20)24)9-15(21)22/h2-8H,9H2,1H3,(H,21,22). The number of nitrogens with zero attached hydrogens (tertiary/aromatic N) is 2. The van der Waals surface area contributed by atoms with E-state index in [1.165, 1.54) is 6.07 Å². The molecule has 0 unspecified atom stereocenters. The van der Waals surface area contributed by atoms with Gasteiger partial charge in [-0.15, -0.1) is 0 Å². The van der Waals surface area contributed by atoms with Crippen LogP contribution in [0.1, 0.15) is 5.56 Å². The molecule has 1 N–H and O–H groups in total. The van der Waals surface area contributed by atoms with E-state index in [1.54, 1.807) is 43.3 Å². The lowest BCUT2D eigenvalue weighted by molar-refractivity contribution is -0.137. The summed E-state index contributed by atoms with van der Waals surface area (Å²) in [6, 6.07) is 11.2. The van der Waals surface area contributed by atoms with Gasteiger partial charge in [-0.3, -0.25) is 14.2 Å². The lowest BCUT2D eigenvalue weighted by Crippen LogP contribution is -2.40. The first kappa shape index (κ1) is 16.0. The highest BCUT2D eigenvalue weighted by Gasteiger charge is 2.16. The molecule has 3 rings (SSSR count). The lowest BCUT2D eigenvalue weighted by atomic mass is 10.2. The number of hydrogen-bond acceptors (Lipinski definition) is 3. The molecule has 0 saturated carbocycles. The Bertz CT molecular complexity index is 1080. The third kappa shape index (κ3) is 2.61. The predicted molar refractivity (Wildman–Crippen MR) is 91.2 cm³/mol. The average molecular weight is 345 g/mol. The van der Waals surface area contributed by atoms with Crippen LogP contribution in [-0.2, 0) is 11.3 Å². The third-order valence-electron chi connectivity index (χ3n) is 3.76. The number of aryl methyl sites for hydroxylation is 1. The van der Waals surface area contributed by atoms with Gasteiger partial charge in [0.1, 0.15) is 6.54 Å². The Hall–Kier alpha value is -2.86. The van der Waals surface area contributed by atoms with Crippen LogP contribution in [-0.4, -0.2) is 20.2 Å². The smallest absolute Gasteiger partial charge is 0.336 e. The molecule has 0 saturated heterocycles. The fourth-order valence-corrected chi connectivity index (χ4v) is 2.73. The van der Waals surface area contributed by atoms with E-state index in [2.05, 4.69) is 0 Å². The highest BCUT2D eigenvalue weighted by Crippen LogP contribution is 2.18. The van der Waals surface area contributed by atoms with Crippen LogP contribution in [0.4, 0.5) is 0 Å². The summed E-state index contributed by atoms with van der Waals surface area (Å²) in [5.41, 5.74) is 0.146. The Morgan fingerprint density at radius 1 is 1.17 bits per heavy atom. The highest BCUT2D eigenvalue weighted by molar-refractivity contribution is 6.31. The number of rotatable bonds is 3. The van der Waals surface area contributed by atoms with Gasteiger partial charge in [0.05, 0.1) is 16.6 Å². The molecule has 0 bridgehead atoms. The molecule has 0 aliphatic carbocycles. The molecule has 122 valence electrons. The molecule has 3 aromatic rings. The van der Waals surface area contributed by atoms with Crippen LogP contribution in [0.2, 0.25) is 5.02 Å². The molecule has 1 aromatic heterocycles. The lowest BCUT2D eigenvalue weighted by Gasteiger charge is -2.13. The van der Waals surface area contributed by atoms with Gasteiger partial charge >= 0.3 is 11.7 Å². The minimum Gasteiger partial charge on any atom is -0.480 e. The molecule has 7 heteroatoms. The zero-order valence-electron chi connectivity index (χ0n) is 12.7. The van der Waals surface area contributed by atoms with Gasteiger partial charge in [-0.05, 0) is 36.8 Å². The summed E-state index contributed by atoms with van der Waals surface area (Å²) in [6.07, 6.45) is 0. The SMILES string of the molecule is Cc1ccc(-n2c(=O)c3ccccc3n(CC(=O)O)c2=O)cc1Cl. The fraction of sp³-hybridized carbons (Fsp3) is 0.118. The van der Waals surface area contributed by atoms with E-state index in [0.29, 0.717) is 10.7 Å². The Morgan fingerprint density at radius 3 is 2.54 bits per heavy atom. The number of benzene rings is 2. The number of halogens is 1. The first-order chi connectivity index (χ1) is 11.4. The van der Waals surface area contributed by atoms with E-state index in [0.717, 1.165) is 14.7 Å². The molecule has 0 fully saturated rings. The quantitative estimate of drug-likeness (QED) is 0.789. The number of fused-ring (bicyclic) bond motifs is 1. The minimum absolute atomic E-state index is 0.259. The van der Waals surface area contributed by atoms with Crippen molar-refractivity contribution in [2.45, 2.75) is 13.5 Å². The molecule has 0 aliphatic rings. The summed E-state index contributed by atoms with van der Waals surface area (Å²) in [6.45, 7) is 1.26. The Kier molecular flexibility index (Phi) is 3.99. The van der Waals surface area contributed by atoms with Crippen molar-refractivity contribution in [3.8, 4) is 5.69 Å². The molecular formula is C17H13ClN2O4. The summed E-state index contributed by atoms with van der Waals surface area (Å²) < 4.78 is 2.00.